The van der Waals surface area contributed by atoms with Crippen molar-refractivity contribution in [2.75, 3.05) is 17.1 Å². The van der Waals surface area contributed by atoms with Crippen LogP contribution in [0.15, 0.2) is 71.6 Å². The normalized spacial score (nSPS) is 12.7. The number of imide groups is 1. The Kier molecular flexibility index (Phi) is 5.37. The predicted octanol–water partition coefficient (Wildman–Crippen LogP) is 2.63. The molecule has 0 fully saturated rings. The number of hydrogen-bond donors (Lipinski definition) is 3. The number of rotatable bonds is 6. The van der Waals surface area contributed by atoms with Crippen molar-refractivity contribution in [2.45, 2.75) is 4.90 Å². The Morgan fingerprint density at radius 2 is 1.47 bits per heavy atom. The molecule has 3 amide bonds. The van der Waals surface area contributed by atoms with Crippen LogP contribution in [0.3, 0.4) is 0 Å². The summed E-state index contributed by atoms with van der Waals surface area (Å²) in [5, 5.41) is 4.83. The summed E-state index contributed by atoms with van der Waals surface area (Å²) >= 11 is 0. The van der Waals surface area contributed by atoms with Gasteiger partial charge in [-0.15, -0.1) is 0 Å². The zero-order valence-corrected chi connectivity index (χ0v) is 17.5. The van der Waals surface area contributed by atoms with Gasteiger partial charge in [-0.25, -0.2) is 8.42 Å². The van der Waals surface area contributed by atoms with E-state index in [1.807, 2.05) is 0 Å². The van der Waals surface area contributed by atoms with Gasteiger partial charge in [0.2, 0.25) is 0 Å². The molecule has 162 valence electrons. The number of sulfonamides is 1. The summed E-state index contributed by atoms with van der Waals surface area (Å²) in [5.74, 6) is -0.917. The van der Waals surface area contributed by atoms with E-state index in [0.29, 0.717) is 11.4 Å². The van der Waals surface area contributed by atoms with E-state index < -0.39 is 27.7 Å². The molecule has 4 rings (SSSR count). The Morgan fingerprint density at radius 3 is 2.12 bits per heavy atom. The first-order valence-electron chi connectivity index (χ1n) is 9.35. The van der Waals surface area contributed by atoms with Gasteiger partial charge in [0, 0.05) is 16.9 Å². The van der Waals surface area contributed by atoms with Gasteiger partial charge >= 0.3 is 0 Å². The van der Waals surface area contributed by atoms with Crippen LogP contribution in [-0.4, -0.2) is 33.2 Å². The van der Waals surface area contributed by atoms with E-state index in [0.717, 1.165) is 0 Å². The molecule has 3 N–H and O–H groups in total. The van der Waals surface area contributed by atoms with Crippen LogP contribution in [0.4, 0.5) is 11.4 Å². The summed E-state index contributed by atoms with van der Waals surface area (Å²) < 4.78 is 32.5. The van der Waals surface area contributed by atoms with Crippen LogP contribution in [0, 0.1) is 0 Å². The Hall–Kier alpha value is -4.18. The summed E-state index contributed by atoms with van der Waals surface area (Å²) in [6.07, 6.45) is 0. The second kappa shape index (κ2) is 8.16. The quantitative estimate of drug-likeness (QED) is 0.494. The largest absolute Gasteiger partial charge is 0.497 e. The molecule has 0 aliphatic carbocycles. The molecule has 0 radical (unpaired) electrons. The zero-order valence-electron chi connectivity index (χ0n) is 16.7. The van der Waals surface area contributed by atoms with Crippen LogP contribution >= 0.6 is 0 Å². The van der Waals surface area contributed by atoms with Gasteiger partial charge in [0.1, 0.15) is 5.75 Å². The Morgan fingerprint density at radius 1 is 0.844 bits per heavy atom. The first-order valence-corrected chi connectivity index (χ1v) is 10.8. The first-order chi connectivity index (χ1) is 15.3. The van der Waals surface area contributed by atoms with Crippen molar-refractivity contribution in [3.05, 3.63) is 83.4 Å². The van der Waals surface area contributed by atoms with Crippen molar-refractivity contribution >= 4 is 39.1 Å². The minimum atomic E-state index is -3.81. The third-order valence-electron chi connectivity index (χ3n) is 4.76. The zero-order chi connectivity index (χ0) is 22.9. The number of anilines is 2. The van der Waals surface area contributed by atoms with E-state index in [4.69, 9.17) is 4.74 Å². The summed E-state index contributed by atoms with van der Waals surface area (Å²) in [5.41, 5.74) is 1.35. The Balaban J connectivity index is 1.45. The lowest BCUT2D eigenvalue weighted by Crippen LogP contribution is -2.19. The number of benzene rings is 3. The average Bonchev–Trinajstić information content (AvgIpc) is 3.07. The van der Waals surface area contributed by atoms with Crippen LogP contribution in [0.2, 0.25) is 0 Å². The molecule has 9 nitrogen and oxygen atoms in total. The topological polar surface area (TPSA) is 131 Å². The van der Waals surface area contributed by atoms with Crippen LogP contribution < -0.4 is 20.1 Å². The molecule has 10 heteroatoms. The number of ether oxygens (including phenoxy) is 1. The molecule has 3 aromatic carbocycles. The summed E-state index contributed by atoms with van der Waals surface area (Å²) in [4.78, 5) is 35.9. The molecule has 1 heterocycles. The molecular formula is C22H17N3O6S. The van der Waals surface area contributed by atoms with Gasteiger partial charge in [-0.2, -0.15) is 0 Å². The fourth-order valence-electron chi connectivity index (χ4n) is 3.11. The highest BCUT2D eigenvalue weighted by atomic mass is 32.2. The standard InChI is InChI=1S/C22H17N3O6S/c1-31-16-7-9-17(10-8-16)32(29,30)25-14-4-2-13(3-5-14)20(26)23-15-6-11-18-19(12-15)22(28)24-21(18)27/h2-12,25H,1H3,(H,23,26)(H,24,27,28). The number of nitrogens with one attached hydrogen (secondary N) is 3. The number of hydrogen-bond acceptors (Lipinski definition) is 6. The van der Waals surface area contributed by atoms with Gasteiger partial charge in [0.25, 0.3) is 27.7 Å². The summed E-state index contributed by atoms with van der Waals surface area (Å²) in [6, 6.07) is 16.2. The Bertz CT molecular complexity index is 1330. The molecule has 0 spiro atoms. The van der Waals surface area contributed by atoms with Crippen LogP contribution in [-0.2, 0) is 10.0 Å². The van der Waals surface area contributed by atoms with Crippen molar-refractivity contribution in [1.82, 2.24) is 5.32 Å². The van der Waals surface area contributed by atoms with Crippen molar-refractivity contribution < 1.29 is 27.5 Å². The van der Waals surface area contributed by atoms with Crippen molar-refractivity contribution in [2.24, 2.45) is 0 Å². The number of methoxy groups -OCH3 is 1. The van der Waals surface area contributed by atoms with Gasteiger partial charge in [0.15, 0.2) is 0 Å². The number of carbonyl (C=O) groups excluding carboxylic acids is 3. The third-order valence-corrected chi connectivity index (χ3v) is 6.16. The monoisotopic (exact) mass is 451 g/mol. The molecule has 32 heavy (non-hydrogen) atoms. The number of carbonyl (C=O) groups is 3. The van der Waals surface area contributed by atoms with Crippen molar-refractivity contribution in [1.29, 1.82) is 0 Å². The smallest absolute Gasteiger partial charge is 0.261 e. The highest BCUT2D eigenvalue weighted by molar-refractivity contribution is 7.92. The minimum Gasteiger partial charge on any atom is -0.497 e. The second-order valence-electron chi connectivity index (χ2n) is 6.86. The minimum absolute atomic E-state index is 0.0687. The van der Waals surface area contributed by atoms with E-state index in [1.165, 1.54) is 61.7 Å². The van der Waals surface area contributed by atoms with Gasteiger partial charge < -0.3 is 10.1 Å². The number of amides is 3. The van der Waals surface area contributed by atoms with E-state index in [1.54, 1.807) is 12.1 Å². The average molecular weight is 451 g/mol. The maximum Gasteiger partial charge on any atom is 0.261 e. The Labute approximate surface area is 183 Å². The van der Waals surface area contributed by atoms with Crippen LogP contribution in [0.1, 0.15) is 31.1 Å². The number of fused-ring (bicyclic) bond motifs is 1. The molecule has 3 aromatic rings. The first kappa shape index (κ1) is 21.1. The van der Waals surface area contributed by atoms with Gasteiger partial charge in [0.05, 0.1) is 23.1 Å². The molecular weight excluding hydrogens is 434 g/mol. The molecule has 1 aliphatic heterocycles. The molecule has 0 aromatic heterocycles. The second-order valence-corrected chi connectivity index (χ2v) is 8.54. The van der Waals surface area contributed by atoms with E-state index in [9.17, 15) is 22.8 Å². The fraction of sp³-hybridized carbons (Fsp3) is 0.0455. The lowest BCUT2D eigenvalue weighted by atomic mass is 10.1. The summed E-state index contributed by atoms with van der Waals surface area (Å²) in [6.45, 7) is 0. The van der Waals surface area contributed by atoms with Gasteiger partial charge in [-0.05, 0) is 66.7 Å². The van der Waals surface area contributed by atoms with E-state index >= 15 is 0 Å². The van der Waals surface area contributed by atoms with E-state index in [2.05, 4.69) is 15.4 Å². The molecule has 0 unspecified atom stereocenters. The highest BCUT2D eigenvalue weighted by Gasteiger charge is 2.26. The molecule has 0 bridgehead atoms. The van der Waals surface area contributed by atoms with Crippen molar-refractivity contribution in [3.8, 4) is 5.75 Å². The van der Waals surface area contributed by atoms with Gasteiger partial charge in [-0.3, -0.25) is 24.4 Å². The lowest BCUT2D eigenvalue weighted by Gasteiger charge is -2.10. The lowest BCUT2D eigenvalue weighted by molar-refractivity contribution is 0.0878. The molecule has 0 saturated heterocycles. The predicted molar refractivity (Wildman–Crippen MR) is 116 cm³/mol. The van der Waals surface area contributed by atoms with Gasteiger partial charge in [-0.1, -0.05) is 0 Å². The maximum atomic E-state index is 12.5. The molecule has 0 saturated carbocycles. The summed E-state index contributed by atoms with van der Waals surface area (Å²) in [7, 11) is -2.32. The van der Waals surface area contributed by atoms with Crippen LogP contribution in [0.25, 0.3) is 0 Å². The SMILES string of the molecule is COc1ccc(S(=O)(=O)Nc2ccc(C(=O)Nc3ccc4c(c3)C(=O)NC4=O)cc2)cc1. The van der Waals surface area contributed by atoms with Crippen molar-refractivity contribution in [3.63, 3.8) is 0 Å². The third kappa shape index (κ3) is 4.16. The maximum absolute atomic E-state index is 12.5. The van der Waals surface area contributed by atoms with E-state index in [-0.39, 0.29) is 27.3 Å². The van der Waals surface area contributed by atoms with Crippen LogP contribution in [0.5, 0.6) is 5.75 Å². The molecule has 0 atom stereocenters. The fourth-order valence-corrected chi connectivity index (χ4v) is 4.17. The highest BCUT2D eigenvalue weighted by Crippen LogP contribution is 2.22. The molecule has 1 aliphatic rings.